The molecular formula is C17H13N3O5S. The Labute approximate surface area is 151 Å². The molecule has 0 unspecified atom stereocenters. The zero-order valence-electron chi connectivity index (χ0n) is 13.6. The number of thiophene rings is 1. The van der Waals surface area contributed by atoms with Gasteiger partial charge in [-0.25, -0.2) is 9.48 Å². The van der Waals surface area contributed by atoms with Crippen LogP contribution in [0.5, 0.6) is 0 Å². The maximum Gasteiger partial charge on any atom is 0.363 e. The molecule has 132 valence electrons. The Hall–Kier alpha value is -3.33. The number of ether oxygens (including phenoxy) is 1. The lowest BCUT2D eigenvalue weighted by Crippen LogP contribution is -2.24. The van der Waals surface area contributed by atoms with Gasteiger partial charge in [0.15, 0.2) is 0 Å². The van der Waals surface area contributed by atoms with Gasteiger partial charge in [-0.2, -0.15) is 5.10 Å². The molecule has 0 N–H and O–H groups in total. The van der Waals surface area contributed by atoms with Crippen LogP contribution in [0.4, 0.5) is 5.00 Å². The number of aromatic nitrogens is 2. The molecule has 0 saturated carbocycles. The van der Waals surface area contributed by atoms with E-state index in [1.54, 1.807) is 19.1 Å². The van der Waals surface area contributed by atoms with E-state index in [1.807, 2.05) is 18.2 Å². The minimum atomic E-state index is -0.881. The maximum absolute atomic E-state index is 12.2. The van der Waals surface area contributed by atoms with Crippen molar-refractivity contribution in [3.8, 4) is 5.69 Å². The third-order valence-corrected chi connectivity index (χ3v) is 4.42. The lowest BCUT2D eigenvalue weighted by atomic mass is 10.3. The van der Waals surface area contributed by atoms with Gasteiger partial charge in [-0.3, -0.25) is 14.9 Å². The molecule has 1 aromatic carbocycles. The van der Waals surface area contributed by atoms with Gasteiger partial charge in [-0.05, 0) is 19.1 Å². The molecule has 9 heteroatoms. The minimum Gasteiger partial charge on any atom is -0.456 e. The summed E-state index contributed by atoms with van der Waals surface area (Å²) in [5.41, 5.74) is 0.865. The Bertz CT molecular complexity index is 1030. The zero-order valence-corrected chi connectivity index (χ0v) is 14.4. The quantitative estimate of drug-likeness (QED) is 0.388. The number of para-hydroxylation sites is 1. The molecule has 0 aliphatic carbocycles. The van der Waals surface area contributed by atoms with Crippen LogP contribution in [0, 0.1) is 17.0 Å². The molecule has 3 aromatic rings. The van der Waals surface area contributed by atoms with Gasteiger partial charge in [0, 0.05) is 28.8 Å². The molecule has 26 heavy (non-hydrogen) atoms. The third-order valence-electron chi connectivity index (χ3n) is 3.49. The first-order valence-corrected chi connectivity index (χ1v) is 8.39. The van der Waals surface area contributed by atoms with Crippen molar-refractivity contribution in [2.24, 2.45) is 0 Å². The maximum atomic E-state index is 12.2. The van der Waals surface area contributed by atoms with Crippen molar-refractivity contribution in [3.05, 3.63) is 85.1 Å². The van der Waals surface area contributed by atoms with Crippen molar-refractivity contribution in [2.45, 2.75) is 13.5 Å². The summed E-state index contributed by atoms with van der Waals surface area (Å²) in [6, 6.07) is 11.7. The number of rotatable bonds is 5. The molecule has 0 aliphatic heterocycles. The predicted molar refractivity (Wildman–Crippen MR) is 94.7 cm³/mol. The van der Waals surface area contributed by atoms with E-state index in [1.165, 1.54) is 22.2 Å². The molecule has 0 spiro atoms. The average Bonchev–Trinajstić information content (AvgIpc) is 3.10. The summed E-state index contributed by atoms with van der Waals surface area (Å²) >= 11 is 0.938. The number of nitrogens with zero attached hydrogens (tertiary/aromatic N) is 3. The number of hydrogen-bond donors (Lipinski definition) is 0. The summed E-state index contributed by atoms with van der Waals surface area (Å²) < 4.78 is 6.57. The van der Waals surface area contributed by atoms with E-state index in [0.29, 0.717) is 16.9 Å². The van der Waals surface area contributed by atoms with Crippen LogP contribution in [-0.2, 0) is 11.3 Å². The van der Waals surface area contributed by atoms with Gasteiger partial charge in [-0.15, -0.1) is 0 Å². The molecule has 8 nitrogen and oxygen atoms in total. The second kappa shape index (κ2) is 7.28. The van der Waals surface area contributed by atoms with Gasteiger partial charge in [0.05, 0.1) is 10.6 Å². The summed E-state index contributed by atoms with van der Waals surface area (Å²) in [6.45, 7) is 1.53. The highest BCUT2D eigenvalue weighted by Crippen LogP contribution is 2.23. The Morgan fingerprint density at radius 3 is 2.69 bits per heavy atom. The Morgan fingerprint density at radius 1 is 1.31 bits per heavy atom. The Balaban J connectivity index is 1.82. The number of aryl methyl sites for hydroxylation is 1. The summed E-state index contributed by atoms with van der Waals surface area (Å²) in [5.74, 6) is -0.881. The number of nitro groups is 1. The van der Waals surface area contributed by atoms with E-state index >= 15 is 0 Å². The molecule has 0 atom stereocenters. The van der Waals surface area contributed by atoms with Crippen molar-refractivity contribution in [3.63, 3.8) is 0 Å². The van der Waals surface area contributed by atoms with Crippen LogP contribution in [0.25, 0.3) is 5.69 Å². The highest BCUT2D eigenvalue weighted by Gasteiger charge is 2.18. The van der Waals surface area contributed by atoms with Gasteiger partial charge in [0.1, 0.15) is 6.61 Å². The standard InChI is InChI=1S/C17H13N3O5S/c1-11-7-14(21)16(18-19(11)13-5-3-2-4-6-13)17(22)25-9-12-8-15(20(23)24)26-10-12/h2-8,10H,9H2,1H3. The van der Waals surface area contributed by atoms with Crippen LogP contribution in [0.15, 0.2) is 52.6 Å². The summed E-state index contributed by atoms with van der Waals surface area (Å²) in [7, 11) is 0. The molecular weight excluding hydrogens is 358 g/mol. The van der Waals surface area contributed by atoms with Crippen LogP contribution >= 0.6 is 11.3 Å². The van der Waals surface area contributed by atoms with Crippen molar-refractivity contribution in [1.82, 2.24) is 9.78 Å². The first kappa shape index (κ1) is 17.5. The molecule has 0 bridgehead atoms. The number of hydrogen-bond acceptors (Lipinski definition) is 7. The molecule has 2 heterocycles. The highest BCUT2D eigenvalue weighted by atomic mass is 32.1. The normalized spacial score (nSPS) is 10.5. The van der Waals surface area contributed by atoms with Crippen molar-refractivity contribution in [2.75, 3.05) is 0 Å². The van der Waals surface area contributed by atoms with Gasteiger partial charge in [0.25, 0.3) is 0 Å². The smallest absolute Gasteiger partial charge is 0.363 e. The number of carbonyl (C=O) groups is 1. The second-order valence-corrected chi connectivity index (χ2v) is 6.26. The molecule has 3 rings (SSSR count). The molecule has 0 fully saturated rings. The topological polar surface area (TPSA) is 104 Å². The molecule has 0 saturated heterocycles. The Morgan fingerprint density at radius 2 is 2.04 bits per heavy atom. The first-order valence-electron chi connectivity index (χ1n) is 7.51. The van der Waals surface area contributed by atoms with Crippen LogP contribution in [0.3, 0.4) is 0 Å². The van der Waals surface area contributed by atoms with E-state index < -0.39 is 16.3 Å². The van der Waals surface area contributed by atoms with E-state index in [2.05, 4.69) is 5.10 Å². The van der Waals surface area contributed by atoms with Gasteiger partial charge in [0.2, 0.25) is 11.1 Å². The summed E-state index contributed by atoms with van der Waals surface area (Å²) in [5, 5.41) is 16.3. The van der Waals surface area contributed by atoms with E-state index in [0.717, 1.165) is 11.3 Å². The molecule has 0 radical (unpaired) electrons. The largest absolute Gasteiger partial charge is 0.456 e. The van der Waals surface area contributed by atoms with Crippen LogP contribution in [-0.4, -0.2) is 20.7 Å². The van der Waals surface area contributed by atoms with E-state index in [-0.39, 0.29) is 17.3 Å². The lowest BCUT2D eigenvalue weighted by Gasteiger charge is -2.10. The minimum absolute atomic E-state index is 0.0454. The monoisotopic (exact) mass is 371 g/mol. The van der Waals surface area contributed by atoms with Crippen LogP contribution in [0.2, 0.25) is 0 Å². The van der Waals surface area contributed by atoms with Crippen molar-refractivity contribution < 1.29 is 14.5 Å². The first-order chi connectivity index (χ1) is 12.5. The van der Waals surface area contributed by atoms with E-state index in [4.69, 9.17) is 4.74 Å². The Kier molecular flexibility index (Phi) is 4.90. The van der Waals surface area contributed by atoms with Gasteiger partial charge < -0.3 is 4.74 Å². The van der Waals surface area contributed by atoms with Crippen LogP contribution < -0.4 is 5.43 Å². The summed E-state index contributed by atoms with van der Waals surface area (Å²) in [6.07, 6.45) is 0. The fourth-order valence-corrected chi connectivity index (χ4v) is 2.98. The lowest BCUT2D eigenvalue weighted by molar-refractivity contribution is -0.380. The fourth-order valence-electron chi connectivity index (χ4n) is 2.27. The predicted octanol–water partition coefficient (Wildman–Crippen LogP) is 2.87. The van der Waals surface area contributed by atoms with Gasteiger partial charge >= 0.3 is 11.0 Å². The summed E-state index contributed by atoms with van der Waals surface area (Å²) in [4.78, 5) is 34.5. The average molecular weight is 371 g/mol. The molecule has 0 aliphatic rings. The molecule has 0 amide bonds. The number of benzene rings is 1. The zero-order chi connectivity index (χ0) is 18.7. The second-order valence-electron chi connectivity index (χ2n) is 5.37. The van der Waals surface area contributed by atoms with Crippen molar-refractivity contribution in [1.29, 1.82) is 0 Å². The molecule has 2 aromatic heterocycles. The third kappa shape index (κ3) is 3.67. The van der Waals surface area contributed by atoms with E-state index in [9.17, 15) is 19.7 Å². The van der Waals surface area contributed by atoms with Crippen molar-refractivity contribution >= 4 is 22.3 Å². The fraction of sp³-hybridized carbons (Fsp3) is 0.118. The van der Waals surface area contributed by atoms with Crippen LogP contribution in [0.1, 0.15) is 21.7 Å². The highest BCUT2D eigenvalue weighted by molar-refractivity contribution is 7.13. The SMILES string of the molecule is Cc1cc(=O)c(C(=O)OCc2csc([N+](=O)[O-])c2)nn1-c1ccccc1. The van der Waals surface area contributed by atoms with Gasteiger partial charge in [-0.1, -0.05) is 29.5 Å². The number of esters is 1. The number of carbonyl (C=O) groups excluding carboxylic acids is 1.